The molecule has 1 aliphatic heterocycles. The van der Waals surface area contributed by atoms with E-state index in [1.807, 2.05) is 24.3 Å². The third-order valence-corrected chi connectivity index (χ3v) is 4.35. The number of morpholine rings is 1. The fraction of sp³-hybridized carbons (Fsp3) is 0.278. The van der Waals surface area contributed by atoms with Gasteiger partial charge in [-0.05, 0) is 16.8 Å². The van der Waals surface area contributed by atoms with E-state index in [2.05, 4.69) is 12.1 Å². The summed E-state index contributed by atoms with van der Waals surface area (Å²) in [7, 11) is 0. The molecule has 0 bridgehead atoms. The van der Waals surface area contributed by atoms with E-state index in [0.717, 1.165) is 49.2 Å². The number of benzene rings is 2. The van der Waals surface area contributed by atoms with Crippen molar-refractivity contribution >= 4 is 21.7 Å². The maximum atomic E-state index is 11.9. The van der Waals surface area contributed by atoms with Crippen LogP contribution in [-0.2, 0) is 11.3 Å². The number of hydrogen-bond acceptors (Lipinski definition) is 3. The highest BCUT2D eigenvalue weighted by Gasteiger charge is 2.18. The average Bonchev–Trinajstić information content (AvgIpc) is 2.55. The minimum atomic E-state index is -0.273. The fourth-order valence-electron chi connectivity index (χ4n) is 3.27. The third kappa shape index (κ3) is 2.40. The highest BCUT2D eigenvalue weighted by atomic mass is 16.5. The Hall–Kier alpha value is -2.17. The molecule has 0 aliphatic carbocycles. The van der Waals surface area contributed by atoms with Crippen LogP contribution < -0.4 is 10.5 Å². The first-order valence-corrected chi connectivity index (χ1v) is 7.67. The molecule has 0 spiro atoms. The Bertz CT molecular complexity index is 878. The summed E-state index contributed by atoms with van der Waals surface area (Å²) in [6, 6.07) is 13.8. The Balaban J connectivity index is 1.91. The molecule has 0 unspecified atom stereocenters. The second-order valence-corrected chi connectivity index (χ2v) is 5.79. The first kappa shape index (κ1) is 13.5. The molecule has 2 heterocycles. The van der Waals surface area contributed by atoms with E-state index >= 15 is 0 Å². The first-order chi connectivity index (χ1) is 10.8. The molecule has 4 heteroatoms. The molecule has 0 saturated carbocycles. The molecule has 2 aromatic carbocycles. The summed E-state index contributed by atoms with van der Waals surface area (Å²) < 4.78 is 10.8. The summed E-state index contributed by atoms with van der Waals surface area (Å²) >= 11 is 0. The molecule has 0 amide bonds. The molecule has 1 fully saturated rings. The number of quaternary nitrogens is 1. The van der Waals surface area contributed by atoms with Gasteiger partial charge in [-0.25, -0.2) is 4.79 Å². The Morgan fingerprint density at radius 2 is 1.86 bits per heavy atom. The van der Waals surface area contributed by atoms with Crippen LogP contribution in [0.2, 0.25) is 0 Å². The van der Waals surface area contributed by atoms with Gasteiger partial charge in [-0.3, -0.25) is 0 Å². The van der Waals surface area contributed by atoms with Gasteiger partial charge in [-0.2, -0.15) is 0 Å². The third-order valence-electron chi connectivity index (χ3n) is 4.35. The van der Waals surface area contributed by atoms with Crippen LogP contribution in [0.25, 0.3) is 21.7 Å². The highest BCUT2D eigenvalue weighted by Crippen LogP contribution is 2.26. The van der Waals surface area contributed by atoms with Crippen LogP contribution in [0, 0.1) is 0 Å². The lowest BCUT2D eigenvalue weighted by Gasteiger charge is -2.24. The molecular formula is C18H18NO3+. The predicted octanol–water partition coefficient (Wildman–Crippen LogP) is 1.36. The summed E-state index contributed by atoms with van der Waals surface area (Å²) in [5.41, 5.74) is 1.47. The van der Waals surface area contributed by atoms with Crippen LogP contribution in [0.5, 0.6) is 0 Å². The molecule has 22 heavy (non-hydrogen) atoms. The van der Waals surface area contributed by atoms with E-state index in [4.69, 9.17) is 9.15 Å². The van der Waals surface area contributed by atoms with E-state index in [9.17, 15) is 4.79 Å². The molecule has 4 rings (SSSR count). The number of hydrogen-bond donors (Lipinski definition) is 1. The van der Waals surface area contributed by atoms with Crippen LogP contribution in [0.1, 0.15) is 5.56 Å². The van der Waals surface area contributed by atoms with Crippen molar-refractivity contribution in [1.82, 2.24) is 0 Å². The quantitative estimate of drug-likeness (QED) is 0.574. The monoisotopic (exact) mass is 296 g/mol. The minimum absolute atomic E-state index is 0.273. The van der Waals surface area contributed by atoms with Crippen molar-refractivity contribution in [3.05, 3.63) is 58.4 Å². The lowest BCUT2D eigenvalue weighted by Crippen LogP contribution is -3.12. The van der Waals surface area contributed by atoms with Crippen molar-refractivity contribution in [3.63, 3.8) is 0 Å². The Labute approximate surface area is 127 Å². The molecule has 0 atom stereocenters. The molecule has 1 aromatic heterocycles. The van der Waals surface area contributed by atoms with Gasteiger partial charge in [0.1, 0.15) is 25.2 Å². The number of ether oxygens (including phenoxy) is 1. The van der Waals surface area contributed by atoms with Crippen molar-refractivity contribution in [2.24, 2.45) is 0 Å². The average molecular weight is 296 g/mol. The van der Waals surface area contributed by atoms with E-state index < -0.39 is 0 Å². The summed E-state index contributed by atoms with van der Waals surface area (Å²) in [6.45, 7) is 4.36. The van der Waals surface area contributed by atoms with Gasteiger partial charge in [0.15, 0.2) is 0 Å². The summed E-state index contributed by atoms with van der Waals surface area (Å²) in [5.74, 6) is 0. The zero-order chi connectivity index (χ0) is 14.9. The smallest absolute Gasteiger partial charge is 0.336 e. The standard InChI is InChI=1S/C18H17NO3/c20-17-11-14(12-19-7-9-21-10-8-19)18-15-4-2-1-3-13(15)5-6-16(18)22-17/h1-6,11H,7-10,12H2/p+1. The summed E-state index contributed by atoms with van der Waals surface area (Å²) in [6.07, 6.45) is 0. The van der Waals surface area contributed by atoms with E-state index in [0.29, 0.717) is 5.58 Å². The second-order valence-electron chi connectivity index (χ2n) is 5.79. The van der Waals surface area contributed by atoms with Crippen molar-refractivity contribution in [2.45, 2.75) is 6.54 Å². The molecule has 3 aromatic rings. The largest absolute Gasteiger partial charge is 0.423 e. The Morgan fingerprint density at radius 3 is 2.73 bits per heavy atom. The number of fused-ring (bicyclic) bond motifs is 3. The molecule has 1 saturated heterocycles. The van der Waals surface area contributed by atoms with Gasteiger partial charge < -0.3 is 14.1 Å². The van der Waals surface area contributed by atoms with Gasteiger partial charge in [-0.15, -0.1) is 0 Å². The molecule has 4 nitrogen and oxygen atoms in total. The summed E-state index contributed by atoms with van der Waals surface area (Å²) in [4.78, 5) is 13.3. The summed E-state index contributed by atoms with van der Waals surface area (Å²) in [5, 5.41) is 3.38. The fourth-order valence-corrected chi connectivity index (χ4v) is 3.27. The van der Waals surface area contributed by atoms with Gasteiger partial charge in [0, 0.05) is 17.0 Å². The van der Waals surface area contributed by atoms with Crippen LogP contribution in [-0.4, -0.2) is 26.3 Å². The Kier molecular flexibility index (Phi) is 3.41. The van der Waals surface area contributed by atoms with E-state index in [1.165, 1.54) is 10.3 Å². The van der Waals surface area contributed by atoms with Crippen molar-refractivity contribution in [3.8, 4) is 0 Å². The van der Waals surface area contributed by atoms with Gasteiger partial charge in [0.05, 0.1) is 13.2 Å². The number of rotatable bonds is 2. The molecular weight excluding hydrogens is 278 g/mol. The Morgan fingerprint density at radius 1 is 1.05 bits per heavy atom. The highest BCUT2D eigenvalue weighted by molar-refractivity contribution is 6.06. The first-order valence-electron chi connectivity index (χ1n) is 7.67. The van der Waals surface area contributed by atoms with Crippen molar-refractivity contribution < 1.29 is 14.1 Å². The predicted molar refractivity (Wildman–Crippen MR) is 85.2 cm³/mol. The topological polar surface area (TPSA) is 43.9 Å². The normalized spacial score (nSPS) is 16.4. The molecule has 1 aliphatic rings. The van der Waals surface area contributed by atoms with Crippen molar-refractivity contribution in [2.75, 3.05) is 26.3 Å². The van der Waals surface area contributed by atoms with Gasteiger partial charge >= 0.3 is 5.63 Å². The van der Waals surface area contributed by atoms with E-state index in [-0.39, 0.29) is 5.63 Å². The minimum Gasteiger partial charge on any atom is -0.423 e. The maximum Gasteiger partial charge on any atom is 0.336 e. The lowest BCUT2D eigenvalue weighted by atomic mass is 10.0. The SMILES string of the molecule is O=c1cc(C[NH+]2CCOCC2)c2c(ccc3ccccc32)o1. The maximum absolute atomic E-state index is 11.9. The number of nitrogens with one attached hydrogen (secondary N) is 1. The molecule has 1 N–H and O–H groups in total. The van der Waals surface area contributed by atoms with Gasteiger partial charge in [0.2, 0.25) is 0 Å². The van der Waals surface area contributed by atoms with Crippen LogP contribution in [0.3, 0.4) is 0 Å². The zero-order valence-corrected chi connectivity index (χ0v) is 12.3. The lowest BCUT2D eigenvalue weighted by molar-refractivity contribution is -0.921. The van der Waals surface area contributed by atoms with Gasteiger partial charge in [0.25, 0.3) is 0 Å². The zero-order valence-electron chi connectivity index (χ0n) is 12.3. The van der Waals surface area contributed by atoms with Crippen LogP contribution in [0.4, 0.5) is 0 Å². The van der Waals surface area contributed by atoms with Crippen LogP contribution in [0.15, 0.2) is 51.7 Å². The molecule has 0 radical (unpaired) electrons. The van der Waals surface area contributed by atoms with E-state index in [1.54, 1.807) is 6.07 Å². The molecule has 112 valence electrons. The van der Waals surface area contributed by atoms with Gasteiger partial charge in [-0.1, -0.05) is 30.3 Å². The van der Waals surface area contributed by atoms with Crippen LogP contribution >= 0.6 is 0 Å². The second kappa shape index (κ2) is 5.55. The van der Waals surface area contributed by atoms with Crippen molar-refractivity contribution in [1.29, 1.82) is 0 Å².